The largest absolute Gasteiger partial charge is 0.310 e. The van der Waals surface area contributed by atoms with Crippen LogP contribution in [0.5, 0.6) is 0 Å². The van der Waals surface area contributed by atoms with Crippen molar-refractivity contribution in [1.82, 2.24) is 5.32 Å². The summed E-state index contributed by atoms with van der Waals surface area (Å²) in [6, 6.07) is 1.54. The van der Waals surface area contributed by atoms with Gasteiger partial charge < -0.3 is 5.32 Å². The van der Waals surface area contributed by atoms with Gasteiger partial charge in [0.05, 0.1) is 0 Å². The molecule has 1 saturated heterocycles. The Morgan fingerprint density at radius 2 is 1.83 bits per heavy atom. The molecule has 0 amide bonds. The van der Waals surface area contributed by atoms with Gasteiger partial charge in [-0.3, -0.25) is 0 Å². The van der Waals surface area contributed by atoms with E-state index in [1.807, 2.05) is 0 Å². The Morgan fingerprint density at radius 1 is 1.06 bits per heavy atom. The van der Waals surface area contributed by atoms with Crippen LogP contribution >= 0.6 is 11.8 Å². The van der Waals surface area contributed by atoms with Crippen molar-refractivity contribution in [2.24, 2.45) is 17.8 Å². The fourth-order valence-electron chi connectivity index (χ4n) is 3.81. The van der Waals surface area contributed by atoms with Crippen LogP contribution in [0.15, 0.2) is 0 Å². The van der Waals surface area contributed by atoms with E-state index in [1.165, 1.54) is 37.9 Å². The highest BCUT2D eigenvalue weighted by molar-refractivity contribution is 7.99. The fraction of sp³-hybridized carbons (Fsp3) is 1.00. The Balaban J connectivity index is 1.95. The van der Waals surface area contributed by atoms with E-state index < -0.39 is 0 Å². The molecule has 1 aliphatic heterocycles. The highest BCUT2D eigenvalue weighted by atomic mass is 32.2. The predicted molar refractivity (Wildman–Crippen MR) is 83.2 cm³/mol. The van der Waals surface area contributed by atoms with Crippen LogP contribution in [0.3, 0.4) is 0 Å². The molecule has 2 aliphatic rings. The summed E-state index contributed by atoms with van der Waals surface area (Å²) < 4.78 is 0. The molecule has 1 saturated carbocycles. The molecule has 0 aromatic rings. The van der Waals surface area contributed by atoms with Crippen molar-refractivity contribution < 1.29 is 0 Å². The molecule has 106 valence electrons. The Labute approximate surface area is 118 Å². The van der Waals surface area contributed by atoms with E-state index in [4.69, 9.17) is 0 Å². The minimum atomic E-state index is 0.764. The normalized spacial score (nSPS) is 42.2. The minimum Gasteiger partial charge on any atom is -0.310 e. The summed E-state index contributed by atoms with van der Waals surface area (Å²) in [4.78, 5) is 0. The second-order valence-electron chi connectivity index (χ2n) is 6.92. The summed E-state index contributed by atoms with van der Waals surface area (Å²) in [6.07, 6.45) is 7.07. The lowest BCUT2D eigenvalue weighted by molar-refractivity contribution is 0.156. The highest BCUT2D eigenvalue weighted by Gasteiger charge is 2.33. The molecule has 2 rings (SSSR count). The monoisotopic (exact) mass is 269 g/mol. The molecule has 5 atom stereocenters. The molecular formula is C16H31NS. The minimum absolute atomic E-state index is 0.764. The van der Waals surface area contributed by atoms with Crippen LogP contribution in [0, 0.1) is 17.8 Å². The third kappa shape index (κ3) is 3.66. The van der Waals surface area contributed by atoms with Gasteiger partial charge in [-0.2, -0.15) is 11.8 Å². The van der Waals surface area contributed by atoms with Crippen molar-refractivity contribution in [2.75, 3.05) is 5.75 Å². The third-order valence-electron chi connectivity index (χ3n) is 5.06. The third-order valence-corrected chi connectivity index (χ3v) is 6.44. The average Bonchev–Trinajstić information content (AvgIpc) is 2.32. The molecule has 1 heterocycles. The quantitative estimate of drug-likeness (QED) is 0.819. The van der Waals surface area contributed by atoms with Gasteiger partial charge in [-0.05, 0) is 49.2 Å². The Morgan fingerprint density at radius 3 is 2.50 bits per heavy atom. The first-order valence-corrected chi connectivity index (χ1v) is 9.00. The van der Waals surface area contributed by atoms with Gasteiger partial charge >= 0.3 is 0 Å². The molecule has 0 spiro atoms. The van der Waals surface area contributed by atoms with Crippen molar-refractivity contribution in [2.45, 2.75) is 77.1 Å². The van der Waals surface area contributed by atoms with E-state index in [0.29, 0.717) is 0 Å². The van der Waals surface area contributed by atoms with Crippen LogP contribution in [0.1, 0.15) is 59.8 Å². The zero-order valence-corrected chi connectivity index (χ0v) is 13.4. The molecule has 0 radical (unpaired) electrons. The topological polar surface area (TPSA) is 12.0 Å². The SMILES string of the molecule is CC1CCC(C(C)C)C(NC2CCCSC2C)C1. The molecule has 1 aliphatic carbocycles. The van der Waals surface area contributed by atoms with E-state index in [1.54, 1.807) is 0 Å². The molecular weight excluding hydrogens is 238 g/mol. The van der Waals surface area contributed by atoms with E-state index >= 15 is 0 Å². The maximum absolute atomic E-state index is 4.05. The van der Waals surface area contributed by atoms with E-state index in [2.05, 4.69) is 44.8 Å². The van der Waals surface area contributed by atoms with E-state index in [-0.39, 0.29) is 0 Å². The first-order chi connectivity index (χ1) is 8.58. The maximum Gasteiger partial charge on any atom is 0.0186 e. The standard InChI is InChI=1S/C16H31NS/c1-11(2)14-8-7-12(3)10-16(14)17-15-6-5-9-18-13(15)4/h11-17H,5-10H2,1-4H3. The maximum atomic E-state index is 4.05. The summed E-state index contributed by atoms with van der Waals surface area (Å²) in [5.41, 5.74) is 0. The summed E-state index contributed by atoms with van der Waals surface area (Å²) >= 11 is 2.16. The van der Waals surface area contributed by atoms with Gasteiger partial charge in [0.15, 0.2) is 0 Å². The summed E-state index contributed by atoms with van der Waals surface area (Å²) in [5, 5.41) is 4.86. The van der Waals surface area contributed by atoms with E-state index in [0.717, 1.165) is 35.1 Å². The molecule has 1 N–H and O–H groups in total. The molecule has 2 fully saturated rings. The predicted octanol–water partition coefficient (Wildman–Crippen LogP) is 4.32. The second-order valence-corrected chi connectivity index (χ2v) is 8.41. The van der Waals surface area contributed by atoms with Gasteiger partial charge in [0.2, 0.25) is 0 Å². The Bertz CT molecular complexity index is 253. The number of nitrogens with one attached hydrogen (secondary N) is 1. The Hall–Kier alpha value is 0.310. The first-order valence-electron chi connectivity index (χ1n) is 7.95. The van der Waals surface area contributed by atoms with Gasteiger partial charge in [0.1, 0.15) is 0 Å². The van der Waals surface area contributed by atoms with Gasteiger partial charge in [0.25, 0.3) is 0 Å². The molecule has 1 nitrogen and oxygen atoms in total. The Kier molecular flexibility index (Phi) is 5.44. The molecule has 0 bridgehead atoms. The van der Waals surface area contributed by atoms with Crippen molar-refractivity contribution in [3.8, 4) is 0 Å². The zero-order chi connectivity index (χ0) is 13.1. The average molecular weight is 269 g/mol. The molecule has 2 heteroatoms. The second kappa shape index (κ2) is 6.65. The van der Waals surface area contributed by atoms with Gasteiger partial charge in [-0.1, -0.05) is 34.1 Å². The van der Waals surface area contributed by atoms with Gasteiger partial charge in [0, 0.05) is 17.3 Å². The van der Waals surface area contributed by atoms with Crippen molar-refractivity contribution in [3.63, 3.8) is 0 Å². The molecule has 5 unspecified atom stereocenters. The van der Waals surface area contributed by atoms with Crippen LogP contribution < -0.4 is 5.32 Å². The molecule has 18 heavy (non-hydrogen) atoms. The van der Waals surface area contributed by atoms with E-state index in [9.17, 15) is 0 Å². The first kappa shape index (κ1) is 14.7. The van der Waals surface area contributed by atoms with Crippen LogP contribution in [0.2, 0.25) is 0 Å². The molecule has 0 aromatic carbocycles. The van der Waals surface area contributed by atoms with Gasteiger partial charge in [-0.25, -0.2) is 0 Å². The van der Waals surface area contributed by atoms with Gasteiger partial charge in [-0.15, -0.1) is 0 Å². The fourth-order valence-corrected chi connectivity index (χ4v) is 4.96. The van der Waals surface area contributed by atoms with Crippen LogP contribution in [-0.2, 0) is 0 Å². The zero-order valence-electron chi connectivity index (χ0n) is 12.6. The number of hydrogen-bond acceptors (Lipinski definition) is 2. The lowest BCUT2D eigenvalue weighted by Crippen LogP contribution is -2.51. The van der Waals surface area contributed by atoms with Crippen LogP contribution in [0.25, 0.3) is 0 Å². The number of hydrogen-bond donors (Lipinski definition) is 1. The summed E-state index contributed by atoms with van der Waals surface area (Å²) in [7, 11) is 0. The lowest BCUT2D eigenvalue weighted by Gasteiger charge is -2.42. The number of thioether (sulfide) groups is 1. The van der Waals surface area contributed by atoms with Crippen molar-refractivity contribution in [1.29, 1.82) is 0 Å². The molecule has 0 aromatic heterocycles. The van der Waals surface area contributed by atoms with Crippen molar-refractivity contribution in [3.05, 3.63) is 0 Å². The van der Waals surface area contributed by atoms with Crippen LogP contribution in [0.4, 0.5) is 0 Å². The number of rotatable bonds is 3. The highest BCUT2D eigenvalue weighted by Crippen LogP contribution is 2.35. The van der Waals surface area contributed by atoms with Crippen LogP contribution in [-0.4, -0.2) is 23.1 Å². The summed E-state index contributed by atoms with van der Waals surface area (Å²) in [6.45, 7) is 9.67. The lowest BCUT2D eigenvalue weighted by atomic mass is 9.73. The van der Waals surface area contributed by atoms with Crippen molar-refractivity contribution >= 4 is 11.8 Å². The summed E-state index contributed by atoms with van der Waals surface area (Å²) in [5.74, 6) is 4.03. The smallest absolute Gasteiger partial charge is 0.0186 e.